The van der Waals surface area contributed by atoms with E-state index in [9.17, 15) is 30.0 Å². The first-order valence-corrected chi connectivity index (χ1v) is 20.6. The fourth-order valence-corrected chi connectivity index (χ4v) is 9.78. The standard InChI is InChI=1S/2C22H36O4.Ca/c2*1-3-4-5-9-17(23)11-12-18-19-13-16(8-6-7-10-21(25)26)14-22(19,2)15-20(18)24;/h2*8,11-12,17-20,23-24H,3-7,9-10,13-15H2,1-2H3,(H,25,26);/q;;+2/b2*12-11+,16-8-;/t2*17-,18-,19-,20-,22+;/m11./s1. The zero-order valence-corrected chi connectivity index (χ0v) is 35.6. The van der Waals surface area contributed by atoms with Gasteiger partial charge in [-0.05, 0) is 99.7 Å². The molecule has 0 amide bonds. The Balaban J connectivity index is 0.000000360. The predicted octanol–water partition coefficient (Wildman–Crippen LogP) is 8.54. The fourth-order valence-electron chi connectivity index (χ4n) is 9.78. The molecule has 0 aliphatic heterocycles. The molecule has 10 atom stereocenters. The van der Waals surface area contributed by atoms with Crippen molar-refractivity contribution in [2.75, 3.05) is 0 Å². The summed E-state index contributed by atoms with van der Waals surface area (Å²) >= 11 is 0. The summed E-state index contributed by atoms with van der Waals surface area (Å²) in [5.74, 6) is -0.393. The number of rotatable bonds is 20. The van der Waals surface area contributed by atoms with Crippen molar-refractivity contribution < 1.29 is 40.2 Å². The molecule has 4 saturated carbocycles. The zero-order valence-electron chi connectivity index (χ0n) is 33.4. The summed E-state index contributed by atoms with van der Waals surface area (Å²) in [6.45, 7) is 8.85. The molecule has 4 rings (SSSR count). The Morgan fingerprint density at radius 1 is 0.679 bits per heavy atom. The van der Waals surface area contributed by atoms with Crippen molar-refractivity contribution in [1.29, 1.82) is 0 Å². The molecule has 0 aromatic carbocycles. The van der Waals surface area contributed by atoms with Crippen molar-refractivity contribution in [3.63, 3.8) is 0 Å². The van der Waals surface area contributed by atoms with Gasteiger partial charge in [-0.15, -0.1) is 0 Å². The molecule has 53 heavy (non-hydrogen) atoms. The third-order valence-corrected chi connectivity index (χ3v) is 12.6. The molecule has 0 aromatic heterocycles. The van der Waals surface area contributed by atoms with Crippen LogP contribution in [-0.4, -0.2) is 105 Å². The number of hydrogen-bond acceptors (Lipinski definition) is 6. The minimum Gasteiger partial charge on any atom is -0.481 e. The van der Waals surface area contributed by atoms with E-state index in [0.717, 1.165) is 103 Å². The van der Waals surface area contributed by atoms with Gasteiger partial charge >= 0.3 is 49.7 Å². The molecular formula is C44H72CaO8+2. The number of aliphatic carboxylic acids is 2. The van der Waals surface area contributed by atoms with Gasteiger partial charge in [0.05, 0.1) is 24.4 Å². The SMILES string of the molecule is CCCCC[C@@H](O)/C=C/[C@H]1[C@H](O)C[C@]2(C)C/C(=C\CCCC(=O)O)C[C@H]12.CCCCC[C@@H](O)/C=C/[C@H]1[C@H](O)C[C@]2(C)C/C(=C\CCCC(=O)O)C[C@H]12.[Ca+2]. The molecule has 0 saturated heterocycles. The van der Waals surface area contributed by atoms with Crippen LogP contribution in [0.4, 0.5) is 0 Å². The number of unbranched alkanes of at least 4 members (excludes halogenated alkanes) is 6. The third kappa shape index (κ3) is 15.5. The Kier molecular flexibility index (Phi) is 21.7. The Hall–Kier alpha value is -1.00. The first kappa shape index (κ1) is 48.1. The Morgan fingerprint density at radius 3 is 1.40 bits per heavy atom. The van der Waals surface area contributed by atoms with E-state index in [1.54, 1.807) is 0 Å². The van der Waals surface area contributed by atoms with Crippen LogP contribution in [0.2, 0.25) is 0 Å². The minimum absolute atomic E-state index is 0. The normalized spacial score (nSPS) is 33.2. The van der Waals surface area contributed by atoms with Gasteiger partial charge in [-0.25, -0.2) is 0 Å². The number of carboxylic acid groups (broad SMARTS) is 2. The van der Waals surface area contributed by atoms with Gasteiger partial charge in [0, 0.05) is 24.7 Å². The van der Waals surface area contributed by atoms with E-state index >= 15 is 0 Å². The van der Waals surface area contributed by atoms with Crippen LogP contribution in [0.15, 0.2) is 47.6 Å². The maximum Gasteiger partial charge on any atom is 2.00 e. The van der Waals surface area contributed by atoms with Crippen LogP contribution < -0.4 is 0 Å². The molecule has 9 heteroatoms. The van der Waals surface area contributed by atoms with Crippen LogP contribution in [-0.2, 0) is 9.59 Å². The van der Waals surface area contributed by atoms with Gasteiger partial charge in [-0.1, -0.05) is 114 Å². The molecule has 296 valence electrons. The van der Waals surface area contributed by atoms with Crippen molar-refractivity contribution >= 4 is 49.7 Å². The van der Waals surface area contributed by atoms with Gasteiger partial charge < -0.3 is 30.6 Å². The van der Waals surface area contributed by atoms with Crippen LogP contribution in [0.5, 0.6) is 0 Å². The van der Waals surface area contributed by atoms with Crippen LogP contribution in [0.3, 0.4) is 0 Å². The second-order valence-corrected chi connectivity index (χ2v) is 17.2. The van der Waals surface area contributed by atoms with E-state index in [0.29, 0.717) is 24.7 Å². The van der Waals surface area contributed by atoms with Crippen molar-refractivity contribution in [2.24, 2.45) is 34.5 Å². The van der Waals surface area contributed by atoms with Crippen molar-refractivity contribution in [3.05, 3.63) is 47.6 Å². The van der Waals surface area contributed by atoms with Crippen molar-refractivity contribution in [2.45, 2.75) is 181 Å². The number of aliphatic hydroxyl groups is 4. The van der Waals surface area contributed by atoms with E-state index < -0.39 is 24.1 Å². The molecule has 8 nitrogen and oxygen atoms in total. The van der Waals surface area contributed by atoms with Crippen molar-refractivity contribution in [1.82, 2.24) is 0 Å². The molecule has 4 fully saturated rings. The molecule has 4 aliphatic rings. The van der Waals surface area contributed by atoms with E-state index in [4.69, 9.17) is 10.2 Å². The number of aliphatic hydroxyl groups excluding tert-OH is 4. The van der Waals surface area contributed by atoms with Crippen LogP contribution in [0, 0.1) is 34.5 Å². The predicted molar refractivity (Wildman–Crippen MR) is 213 cm³/mol. The number of fused-ring (bicyclic) bond motifs is 2. The van der Waals surface area contributed by atoms with E-state index in [1.807, 2.05) is 12.2 Å². The summed E-state index contributed by atoms with van der Waals surface area (Å²) in [6, 6.07) is 0. The summed E-state index contributed by atoms with van der Waals surface area (Å²) < 4.78 is 0. The van der Waals surface area contributed by atoms with Crippen LogP contribution in [0.1, 0.15) is 156 Å². The molecule has 0 radical (unpaired) electrons. The summed E-state index contributed by atoms with van der Waals surface area (Å²) in [6.07, 6.45) is 28.2. The molecule has 0 unspecified atom stereocenters. The van der Waals surface area contributed by atoms with Gasteiger partial charge in [-0.2, -0.15) is 0 Å². The number of allylic oxidation sites excluding steroid dienone is 4. The van der Waals surface area contributed by atoms with E-state index in [1.165, 1.54) is 11.1 Å². The quantitative estimate of drug-likeness (QED) is 0.0409. The van der Waals surface area contributed by atoms with Crippen LogP contribution in [0.25, 0.3) is 0 Å². The van der Waals surface area contributed by atoms with Gasteiger partial charge in [0.25, 0.3) is 0 Å². The summed E-state index contributed by atoms with van der Waals surface area (Å²) in [5, 5.41) is 58.8. The third-order valence-electron chi connectivity index (χ3n) is 12.6. The van der Waals surface area contributed by atoms with E-state index in [2.05, 4.69) is 52.0 Å². The van der Waals surface area contributed by atoms with Gasteiger partial charge in [0.2, 0.25) is 0 Å². The van der Waals surface area contributed by atoms with Gasteiger partial charge in [-0.3, -0.25) is 9.59 Å². The first-order chi connectivity index (χ1) is 24.7. The average Bonchev–Trinajstić information content (AvgIpc) is 3.71. The number of carbonyl (C=O) groups is 2. The largest absolute Gasteiger partial charge is 2.00 e. The molecule has 4 aliphatic carbocycles. The maximum absolute atomic E-state index is 10.6. The second kappa shape index (κ2) is 23.9. The molecule has 6 N–H and O–H groups in total. The summed E-state index contributed by atoms with van der Waals surface area (Å²) in [7, 11) is 0. The first-order valence-electron chi connectivity index (χ1n) is 20.6. The monoisotopic (exact) mass is 768 g/mol. The minimum atomic E-state index is -0.732. The van der Waals surface area contributed by atoms with E-state index in [-0.39, 0.29) is 85.5 Å². The van der Waals surface area contributed by atoms with Gasteiger partial charge in [0.1, 0.15) is 0 Å². The Labute approximate surface area is 350 Å². The molecule has 0 aromatic rings. The number of carboxylic acids is 2. The fraction of sp³-hybridized carbons (Fsp3) is 0.773. The Morgan fingerprint density at radius 2 is 1.06 bits per heavy atom. The Bertz CT molecular complexity index is 1150. The topological polar surface area (TPSA) is 156 Å². The number of hydrogen-bond donors (Lipinski definition) is 6. The molecule has 0 heterocycles. The maximum atomic E-state index is 10.6. The average molecular weight is 769 g/mol. The zero-order chi connectivity index (χ0) is 38.3. The smallest absolute Gasteiger partial charge is 0.481 e. The molecule has 0 bridgehead atoms. The molecule has 0 spiro atoms. The van der Waals surface area contributed by atoms with Crippen molar-refractivity contribution in [3.8, 4) is 0 Å². The molecular weight excluding hydrogens is 697 g/mol. The van der Waals surface area contributed by atoms with Gasteiger partial charge in [0.15, 0.2) is 0 Å². The summed E-state index contributed by atoms with van der Waals surface area (Å²) in [4.78, 5) is 21.2. The van der Waals surface area contributed by atoms with Crippen LogP contribution >= 0.6 is 0 Å². The second-order valence-electron chi connectivity index (χ2n) is 17.2. The summed E-state index contributed by atoms with van der Waals surface area (Å²) in [5.41, 5.74) is 3.08.